The number of halogens is 1. The maximum absolute atomic E-state index is 12.1. The zero-order chi connectivity index (χ0) is 17.6. The lowest BCUT2D eigenvalue weighted by Gasteiger charge is -2.15. The molecule has 0 aliphatic rings. The van der Waals surface area contributed by atoms with E-state index in [2.05, 4.69) is 10.3 Å². The summed E-state index contributed by atoms with van der Waals surface area (Å²) in [7, 11) is 1.90. The molecule has 0 bridgehead atoms. The molecule has 0 fully saturated rings. The molecule has 0 radical (unpaired) electrons. The average Bonchev–Trinajstić information content (AvgIpc) is 3.03. The van der Waals surface area contributed by atoms with Gasteiger partial charge in [-0.05, 0) is 25.2 Å². The Morgan fingerprint density at radius 2 is 2.00 bits per heavy atom. The molecular formula is C19H18ClN3OS. The van der Waals surface area contributed by atoms with E-state index in [9.17, 15) is 4.79 Å². The van der Waals surface area contributed by atoms with Crippen molar-refractivity contribution >= 4 is 34.5 Å². The first-order chi connectivity index (χ1) is 12.1. The number of nitrogens with zero attached hydrogens (tertiary/aromatic N) is 2. The fraction of sp³-hybridized carbons (Fsp3) is 0.158. The number of hydrogen-bond donors (Lipinski definition) is 1. The molecule has 0 spiro atoms. The van der Waals surface area contributed by atoms with E-state index in [0.29, 0.717) is 17.3 Å². The maximum atomic E-state index is 12.1. The number of likely N-dealkylation sites (N-methyl/N-ethyl adjacent to an activating group) is 1. The van der Waals surface area contributed by atoms with Crippen molar-refractivity contribution in [2.24, 2.45) is 0 Å². The Balaban J connectivity index is 1.55. The number of anilines is 1. The van der Waals surface area contributed by atoms with Crippen LogP contribution in [0.15, 0.2) is 60.0 Å². The number of carbonyl (C=O) groups is 1. The minimum Gasteiger partial charge on any atom is -0.325 e. The molecule has 128 valence electrons. The van der Waals surface area contributed by atoms with Crippen LogP contribution >= 0.6 is 22.9 Å². The highest BCUT2D eigenvalue weighted by molar-refractivity contribution is 7.13. The van der Waals surface area contributed by atoms with E-state index in [4.69, 9.17) is 11.6 Å². The average molecular weight is 372 g/mol. The summed E-state index contributed by atoms with van der Waals surface area (Å²) in [4.78, 5) is 18.7. The van der Waals surface area contributed by atoms with Gasteiger partial charge in [-0.2, -0.15) is 0 Å². The van der Waals surface area contributed by atoms with Gasteiger partial charge in [-0.15, -0.1) is 11.3 Å². The number of rotatable bonds is 6. The molecule has 3 rings (SSSR count). The maximum Gasteiger partial charge on any atom is 0.238 e. The highest BCUT2D eigenvalue weighted by atomic mass is 35.5. The van der Waals surface area contributed by atoms with Gasteiger partial charge < -0.3 is 5.32 Å². The van der Waals surface area contributed by atoms with Gasteiger partial charge in [0.15, 0.2) is 0 Å². The van der Waals surface area contributed by atoms with Crippen LogP contribution in [0.1, 0.15) is 5.69 Å². The molecule has 1 aromatic heterocycles. The van der Waals surface area contributed by atoms with Crippen LogP contribution in [0.5, 0.6) is 0 Å². The molecule has 0 unspecified atom stereocenters. The van der Waals surface area contributed by atoms with E-state index < -0.39 is 0 Å². The normalized spacial score (nSPS) is 10.8. The van der Waals surface area contributed by atoms with Crippen molar-refractivity contribution < 1.29 is 4.79 Å². The van der Waals surface area contributed by atoms with Gasteiger partial charge >= 0.3 is 0 Å². The molecule has 25 heavy (non-hydrogen) atoms. The third kappa shape index (κ3) is 5.13. The Morgan fingerprint density at radius 3 is 2.76 bits per heavy atom. The van der Waals surface area contributed by atoms with Gasteiger partial charge in [0, 0.05) is 28.2 Å². The third-order valence-electron chi connectivity index (χ3n) is 3.53. The lowest BCUT2D eigenvalue weighted by molar-refractivity contribution is -0.117. The summed E-state index contributed by atoms with van der Waals surface area (Å²) >= 11 is 7.54. The van der Waals surface area contributed by atoms with E-state index in [1.54, 1.807) is 23.5 Å². The molecule has 4 nitrogen and oxygen atoms in total. The van der Waals surface area contributed by atoms with Crippen LogP contribution in [-0.2, 0) is 11.3 Å². The summed E-state index contributed by atoms with van der Waals surface area (Å²) in [6.45, 7) is 0.900. The fourth-order valence-corrected chi connectivity index (χ4v) is 3.44. The van der Waals surface area contributed by atoms with Crippen LogP contribution in [0, 0.1) is 0 Å². The Hall–Kier alpha value is -2.21. The quantitative estimate of drug-likeness (QED) is 0.692. The summed E-state index contributed by atoms with van der Waals surface area (Å²) in [6.07, 6.45) is 0. The second kappa shape index (κ2) is 8.25. The van der Waals surface area contributed by atoms with Gasteiger partial charge in [-0.1, -0.05) is 48.0 Å². The molecule has 6 heteroatoms. The number of hydrogen-bond acceptors (Lipinski definition) is 4. The van der Waals surface area contributed by atoms with E-state index in [0.717, 1.165) is 16.3 Å². The van der Waals surface area contributed by atoms with Gasteiger partial charge in [-0.25, -0.2) is 4.98 Å². The molecule has 0 aliphatic carbocycles. The number of carbonyl (C=O) groups excluding carboxylic acids is 1. The number of amides is 1. The Bertz CT molecular complexity index is 851. The van der Waals surface area contributed by atoms with Crippen molar-refractivity contribution in [2.45, 2.75) is 6.54 Å². The summed E-state index contributed by atoms with van der Waals surface area (Å²) in [6, 6.07) is 17.2. The molecule has 0 saturated heterocycles. The molecule has 1 amide bonds. The minimum atomic E-state index is -0.0803. The predicted molar refractivity (Wildman–Crippen MR) is 104 cm³/mol. The van der Waals surface area contributed by atoms with Gasteiger partial charge in [0.05, 0.1) is 12.2 Å². The monoisotopic (exact) mass is 371 g/mol. The Labute approximate surface area is 156 Å². The summed E-state index contributed by atoms with van der Waals surface area (Å²) in [5.41, 5.74) is 2.77. The van der Waals surface area contributed by atoms with Crippen molar-refractivity contribution in [2.75, 3.05) is 18.9 Å². The van der Waals surface area contributed by atoms with Gasteiger partial charge in [-0.3, -0.25) is 9.69 Å². The first-order valence-electron chi connectivity index (χ1n) is 7.84. The van der Waals surface area contributed by atoms with Crippen molar-refractivity contribution in [1.29, 1.82) is 0 Å². The Morgan fingerprint density at radius 1 is 1.20 bits per heavy atom. The molecule has 1 N–H and O–H groups in total. The molecular weight excluding hydrogens is 354 g/mol. The summed E-state index contributed by atoms with van der Waals surface area (Å²) in [5, 5.41) is 6.48. The number of aromatic nitrogens is 1. The van der Waals surface area contributed by atoms with E-state index in [1.807, 2.05) is 59.8 Å². The van der Waals surface area contributed by atoms with Crippen LogP contribution in [0.25, 0.3) is 10.6 Å². The van der Waals surface area contributed by atoms with Gasteiger partial charge in [0.2, 0.25) is 5.91 Å². The van der Waals surface area contributed by atoms with E-state index >= 15 is 0 Å². The molecule has 1 heterocycles. The van der Waals surface area contributed by atoms with E-state index in [-0.39, 0.29) is 12.5 Å². The summed E-state index contributed by atoms with van der Waals surface area (Å²) < 4.78 is 0. The van der Waals surface area contributed by atoms with Crippen LogP contribution in [-0.4, -0.2) is 29.4 Å². The highest BCUT2D eigenvalue weighted by Crippen LogP contribution is 2.23. The predicted octanol–water partition coefficient (Wildman–Crippen LogP) is 4.53. The van der Waals surface area contributed by atoms with Crippen LogP contribution < -0.4 is 5.32 Å². The van der Waals surface area contributed by atoms with Crippen molar-refractivity contribution in [3.8, 4) is 10.6 Å². The lowest BCUT2D eigenvalue weighted by Crippen LogP contribution is -2.29. The fourth-order valence-electron chi connectivity index (χ4n) is 2.44. The zero-order valence-electron chi connectivity index (χ0n) is 13.8. The molecule has 2 aromatic carbocycles. The smallest absolute Gasteiger partial charge is 0.238 e. The molecule has 0 saturated carbocycles. The third-order valence-corrected chi connectivity index (χ3v) is 4.70. The second-order valence-electron chi connectivity index (χ2n) is 5.74. The molecule has 0 atom stereocenters. The lowest BCUT2D eigenvalue weighted by atomic mass is 10.2. The first kappa shape index (κ1) is 17.6. The topological polar surface area (TPSA) is 45.2 Å². The Kier molecular flexibility index (Phi) is 5.81. The molecule has 3 aromatic rings. The zero-order valence-corrected chi connectivity index (χ0v) is 15.3. The number of benzene rings is 2. The SMILES string of the molecule is CN(CC(=O)Nc1cccc(Cl)c1)Cc1csc(-c2ccccc2)n1. The number of thiazole rings is 1. The number of nitrogens with one attached hydrogen (secondary N) is 1. The highest BCUT2D eigenvalue weighted by Gasteiger charge is 2.10. The molecule has 0 aliphatic heterocycles. The van der Waals surface area contributed by atoms with Crippen molar-refractivity contribution in [3.63, 3.8) is 0 Å². The van der Waals surface area contributed by atoms with Crippen LogP contribution in [0.4, 0.5) is 5.69 Å². The second-order valence-corrected chi connectivity index (χ2v) is 7.04. The van der Waals surface area contributed by atoms with Gasteiger partial charge in [0.1, 0.15) is 5.01 Å². The van der Waals surface area contributed by atoms with E-state index in [1.165, 1.54) is 0 Å². The van der Waals surface area contributed by atoms with Crippen LogP contribution in [0.2, 0.25) is 5.02 Å². The van der Waals surface area contributed by atoms with Crippen molar-refractivity contribution in [3.05, 3.63) is 70.7 Å². The van der Waals surface area contributed by atoms with Crippen LogP contribution in [0.3, 0.4) is 0 Å². The first-order valence-corrected chi connectivity index (χ1v) is 9.10. The standard InChI is InChI=1S/C19H18ClN3OS/c1-23(12-18(24)21-16-9-5-8-15(20)10-16)11-17-13-25-19(22-17)14-6-3-2-4-7-14/h2-10,13H,11-12H2,1H3,(H,21,24). The van der Waals surface area contributed by atoms with Crippen molar-refractivity contribution in [1.82, 2.24) is 9.88 Å². The minimum absolute atomic E-state index is 0.0803. The largest absolute Gasteiger partial charge is 0.325 e. The summed E-state index contributed by atoms with van der Waals surface area (Å²) in [5.74, 6) is -0.0803. The van der Waals surface area contributed by atoms with Gasteiger partial charge in [0.25, 0.3) is 0 Å².